The fourth-order valence-electron chi connectivity index (χ4n) is 4.73. The van der Waals surface area contributed by atoms with E-state index in [9.17, 15) is 15.8 Å². The first-order chi connectivity index (χ1) is 12.1. The summed E-state index contributed by atoms with van der Waals surface area (Å²) in [6, 6.07) is 9.44. The van der Waals surface area contributed by atoms with Crippen LogP contribution in [0.15, 0.2) is 22.8 Å². The first-order valence-electron chi connectivity index (χ1n) is 8.33. The molecule has 2 aliphatic heterocycles. The Kier molecular flexibility index (Phi) is 3.19. The highest BCUT2D eigenvalue weighted by Gasteiger charge is 2.80. The number of hydrogen-bond donors (Lipinski definition) is 1. The van der Waals surface area contributed by atoms with Crippen LogP contribution in [0.2, 0.25) is 0 Å². The maximum Gasteiger partial charge on any atom is 0.217 e. The minimum atomic E-state index is -1.91. The van der Waals surface area contributed by atoms with Gasteiger partial charge >= 0.3 is 0 Å². The monoisotopic (exact) mass is 336 g/mol. The summed E-state index contributed by atoms with van der Waals surface area (Å²) in [5, 5.41) is 38.5. The third-order valence-electron chi connectivity index (χ3n) is 5.87. The minimum Gasteiger partial charge on any atom is -0.466 e. The lowest BCUT2D eigenvalue weighted by molar-refractivity contribution is -0.288. The van der Waals surface area contributed by atoms with E-state index in [1.165, 1.54) is 6.26 Å². The van der Waals surface area contributed by atoms with Crippen LogP contribution in [0.3, 0.4) is 0 Å². The maximum absolute atomic E-state index is 10.1. The molecule has 0 spiro atoms. The van der Waals surface area contributed by atoms with Gasteiger partial charge in [-0.2, -0.15) is 15.8 Å². The summed E-state index contributed by atoms with van der Waals surface area (Å²) in [5.41, 5.74) is -3.58. The van der Waals surface area contributed by atoms with Crippen molar-refractivity contribution < 1.29 is 13.9 Å². The van der Waals surface area contributed by atoms with Gasteiger partial charge in [0, 0.05) is 6.42 Å². The summed E-state index contributed by atoms with van der Waals surface area (Å²) >= 11 is 0. The quantitative estimate of drug-likeness (QED) is 0.839. The van der Waals surface area contributed by atoms with Crippen LogP contribution in [-0.2, 0) is 9.47 Å². The molecule has 7 heteroatoms. The van der Waals surface area contributed by atoms with E-state index in [2.05, 4.69) is 6.07 Å². The molecule has 0 aromatic carbocycles. The summed E-state index contributed by atoms with van der Waals surface area (Å²) in [4.78, 5) is 0. The highest BCUT2D eigenvalue weighted by Crippen LogP contribution is 2.68. The molecule has 25 heavy (non-hydrogen) atoms. The van der Waals surface area contributed by atoms with Gasteiger partial charge < -0.3 is 13.9 Å². The van der Waals surface area contributed by atoms with Crippen LogP contribution in [0.25, 0.3) is 0 Å². The van der Waals surface area contributed by atoms with Crippen LogP contribution in [0.1, 0.15) is 44.0 Å². The Morgan fingerprint density at radius 2 is 1.92 bits per heavy atom. The zero-order valence-electron chi connectivity index (χ0n) is 13.5. The molecule has 2 bridgehead atoms. The molecule has 7 nitrogen and oxygen atoms in total. The summed E-state index contributed by atoms with van der Waals surface area (Å²) < 4.78 is 17.5. The molecule has 2 saturated heterocycles. The summed E-state index contributed by atoms with van der Waals surface area (Å²) in [6.45, 7) is 0. The number of furan rings is 1. The Hall–Kier alpha value is -2.82. The van der Waals surface area contributed by atoms with Gasteiger partial charge in [0.1, 0.15) is 5.76 Å². The van der Waals surface area contributed by atoms with E-state index in [0.717, 1.165) is 19.3 Å². The molecule has 126 valence electrons. The van der Waals surface area contributed by atoms with Crippen molar-refractivity contribution in [2.45, 2.75) is 44.0 Å². The van der Waals surface area contributed by atoms with Crippen LogP contribution in [0.5, 0.6) is 0 Å². The topological polar surface area (TPSA) is 127 Å². The summed E-state index contributed by atoms with van der Waals surface area (Å²) in [7, 11) is 0. The number of hydrogen-bond acceptors (Lipinski definition) is 7. The Balaban J connectivity index is 2.01. The smallest absolute Gasteiger partial charge is 0.217 e. The van der Waals surface area contributed by atoms with Crippen molar-refractivity contribution in [1.82, 2.24) is 0 Å². The molecule has 3 heterocycles. The van der Waals surface area contributed by atoms with Gasteiger partial charge in [0.05, 0.1) is 30.4 Å². The third kappa shape index (κ3) is 1.63. The van der Waals surface area contributed by atoms with Gasteiger partial charge in [-0.1, -0.05) is 12.8 Å². The lowest BCUT2D eigenvalue weighted by Gasteiger charge is -2.48. The summed E-state index contributed by atoms with van der Waals surface area (Å²) in [5.74, 6) is -1.72. The maximum atomic E-state index is 10.1. The predicted octanol–water partition coefficient (Wildman–Crippen LogP) is 3.18. The molecule has 4 unspecified atom stereocenters. The molecule has 3 aliphatic rings. The minimum absolute atomic E-state index is 0.295. The Morgan fingerprint density at radius 3 is 2.56 bits per heavy atom. The molecule has 1 N–H and O–H groups in total. The molecule has 1 aromatic rings. The Bertz CT molecular complexity index is 829. The van der Waals surface area contributed by atoms with E-state index >= 15 is 0 Å². The Morgan fingerprint density at radius 1 is 1.12 bits per heavy atom. The van der Waals surface area contributed by atoms with Crippen LogP contribution in [0.4, 0.5) is 0 Å². The zero-order valence-corrected chi connectivity index (χ0v) is 13.5. The number of nitrogens with one attached hydrogen (secondary N) is 1. The van der Waals surface area contributed by atoms with E-state index in [4.69, 9.17) is 19.3 Å². The average Bonchev–Trinajstić information content (AvgIpc) is 3.14. The van der Waals surface area contributed by atoms with Crippen LogP contribution >= 0.6 is 0 Å². The SMILES string of the molecule is N#CC1(C#N)C(c2ccco2)OC23CCCCCC2C1(C#N)C(=N)O3. The number of ether oxygens (including phenoxy) is 2. The van der Waals surface area contributed by atoms with Crippen LogP contribution < -0.4 is 0 Å². The van der Waals surface area contributed by atoms with Crippen molar-refractivity contribution in [3.63, 3.8) is 0 Å². The fraction of sp³-hybridized carbons (Fsp3) is 0.556. The van der Waals surface area contributed by atoms with Crippen molar-refractivity contribution in [1.29, 1.82) is 21.2 Å². The zero-order chi connectivity index (χ0) is 17.7. The largest absolute Gasteiger partial charge is 0.466 e. The molecule has 1 aliphatic carbocycles. The highest BCUT2D eigenvalue weighted by atomic mass is 16.7. The standard InChI is InChI=1S/C18H16N4O3/c19-9-16(10-20)14(12-5-4-8-23-12)24-18-7-3-1-2-6-13(18)17(16,11-21)15(22)25-18/h4-5,8,13-14,22H,1-3,6-7H2. The molecule has 0 amide bonds. The van der Waals surface area contributed by atoms with Crippen molar-refractivity contribution in [3.05, 3.63) is 24.2 Å². The molecule has 3 fully saturated rings. The molecular weight excluding hydrogens is 320 g/mol. The summed E-state index contributed by atoms with van der Waals surface area (Å²) in [6.07, 6.45) is 4.07. The average molecular weight is 336 g/mol. The van der Waals surface area contributed by atoms with Crippen LogP contribution in [-0.4, -0.2) is 11.7 Å². The van der Waals surface area contributed by atoms with Gasteiger partial charge in [0.15, 0.2) is 11.5 Å². The van der Waals surface area contributed by atoms with Gasteiger partial charge in [-0.3, -0.25) is 5.41 Å². The predicted molar refractivity (Wildman–Crippen MR) is 82.4 cm³/mol. The second-order valence-corrected chi connectivity index (χ2v) is 6.86. The van der Waals surface area contributed by atoms with Gasteiger partial charge in [0.2, 0.25) is 17.1 Å². The molecular formula is C18H16N4O3. The Labute approximate surface area is 144 Å². The molecule has 1 saturated carbocycles. The van der Waals surface area contributed by atoms with E-state index < -0.39 is 28.6 Å². The van der Waals surface area contributed by atoms with Gasteiger partial charge in [-0.25, -0.2) is 0 Å². The third-order valence-corrected chi connectivity index (χ3v) is 5.87. The van der Waals surface area contributed by atoms with Gasteiger partial charge in [-0.05, 0) is 25.0 Å². The molecule has 4 rings (SSSR count). The van der Waals surface area contributed by atoms with Crippen LogP contribution in [0, 0.1) is 56.2 Å². The second kappa shape index (κ2) is 5.09. The second-order valence-electron chi connectivity index (χ2n) is 6.86. The molecule has 4 atom stereocenters. The van der Waals surface area contributed by atoms with E-state index in [1.54, 1.807) is 12.1 Å². The fourth-order valence-corrected chi connectivity index (χ4v) is 4.73. The number of nitrogens with zero attached hydrogens (tertiary/aromatic N) is 3. The first kappa shape index (κ1) is 15.7. The molecule has 1 aromatic heterocycles. The van der Waals surface area contributed by atoms with Crippen molar-refractivity contribution in [3.8, 4) is 18.2 Å². The normalized spacial score (nSPS) is 38.4. The number of nitriles is 3. The number of rotatable bonds is 1. The highest BCUT2D eigenvalue weighted by molar-refractivity contribution is 5.89. The first-order valence-corrected chi connectivity index (χ1v) is 8.33. The lowest BCUT2D eigenvalue weighted by Crippen LogP contribution is -2.59. The van der Waals surface area contributed by atoms with Gasteiger partial charge in [-0.15, -0.1) is 0 Å². The van der Waals surface area contributed by atoms with Crippen molar-refractivity contribution >= 4 is 5.90 Å². The van der Waals surface area contributed by atoms with E-state index in [1.807, 2.05) is 12.1 Å². The molecule has 0 radical (unpaired) electrons. The van der Waals surface area contributed by atoms with Crippen molar-refractivity contribution in [2.75, 3.05) is 0 Å². The lowest BCUT2D eigenvalue weighted by atomic mass is 9.53. The van der Waals surface area contributed by atoms with Gasteiger partial charge in [0.25, 0.3) is 0 Å². The van der Waals surface area contributed by atoms with E-state index in [0.29, 0.717) is 18.6 Å². The van der Waals surface area contributed by atoms with E-state index in [-0.39, 0.29) is 5.90 Å². The van der Waals surface area contributed by atoms with Crippen molar-refractivity contribution in [2.24, 2.45) is 16.7 Å².